The van der Waals surface area contributed by atoms with E-state index in [4.69, 9.17) is 0 Å². The largest absolute Gasteiger partial charge is 1.00 e. The van der Waals surface area contributed by atoms with Gasteiger partial charge in [0, 0.05) is 130 Å². The van der Waals surface area contributed by atoms with Crippen molar-refractivity contribution in [2.24, 2.45) is 0 Å². The summed E-state index contributed by atoms with van der Waals surface area (Å²) < 4.78 is 140. The first-order chi connectivity index (χ1) is 38.9. The van der Waals surface area contributed by atoms with Crippen molar-refractivity contribution in [3.05, 3.63) is 72.9 Å². The van der Waals surface area contributed by atoms with Crippen LogP contribution in [0.2, 0.25) is 0 Å². The number of carbonyl (C=O) groups excluding carboxylic acids is 6. The fourth-order valence-corrected chi connectivity index (χ4v) is 13.8. The van der Waals surface area contributed by atoms with Gasteiger partial charge in [-0.25, -0.2) is 33.7 Å². The van der Waals surface area contributed by atoms with Crippen molar-refractivity contribution in [3.63, 3.8) is 0 Å². The average Bonchev–Trinajstić information content (AvgIpc) is 0.719. The van der Waals surface area contributed by atoms with Crippen LogP contribution in [0.3, 0.4) is 0 Å². The minimum atomic E-state index is -5.51. The standard InChI is InChI=1S/C46H61N9O22S6.3Na/c1-25(2)41(57)47-14-7-17-50-44(60)32(22-78-76-74-63)53-81(68,69)36-20-35(56)28-10-11-30-38(83(72,73)55-34(24-80(65,66)67)46(62)52-19-9-16-49-43(59)27(5)6)21-37(31-13-12-29(36)39(28)40(30)31)82(70,71)54-33(23-79-77-75-64)45(61)51-18-8-15-48-42(58)26(3)4;;;/h10-13,20-21,32-34,53-56,63-64H,1,3,5,7-9,14-19,22-24H2,2,4,6H3,(H,47,57)(H,48,58)(H,49,59)(H,50,60)(H,51,61)(H,52,62)(H,65,66,67);;;/q;3*+1/p-3. The average molecular weight is 1350 g/mol. The van der Waals surface area contributed by atoms with E-state index >= 15 is 0 Å². The van der Waals surface area contributed by atoms with Crippen molar-refractivity contribution >= 4 is 132 Å². The van der Waals surface area contributed by atoms with Crippen molar-refractivity contribution in [2.45, 2.75) is 72.8 Å². The molecule has 4 aromatic carbocycles. The summed E-state index contributed by atoms with van der Waals surface area (Å²) >= 11 is 0.358. The number of nitrogens with one attached hydrogen (secondary N) is 9. The van der Waals surface area contributed by atoms with Crippen LogP contribution in [0.4, 0.5) is 0 Å². The summed E-state index contributed by atoms with van der Waals surface area (Å²) in [6.07, 6.45) is 0.229. The Morgan fingerprint density at radius 2 is 0.791 bits per heavy atom. The summed E-state index contributed by atoms with van der Waals surface area (Å²) in [6.45, 7) is 14.2. The molecule has 0 bridgehead atoms. The van der Waals surface area contributed by atoms with Gasteiger partial charge in [0.15, 0.2) is 0 Å². The molecule has 31 nitrogen and oxygen atoms in total. The van der Waals surface area contributed by atoms with E-state index in [9.17, 15) is 82.6 Å². The van der Waals surface area contributed by atoms with Crippen LogP contribution in [0.5, 0.6) is 5.75 Å². The SMILES string of the molecule is C=C(C)C(=O)NCCCNC(=O)C(CSOO[O-])NS(=O)(=O)c1cc(O)c2ccc3c(S(=O)(=O)NC(CS(=O)(=O)[O-])C(=O)NCCCNC(=O)C(=C)C)cc(S(=O)(=O)NC(CSOO[O-])C(=O)NCCCNC(=O)C(=C)C)c4ccc1c2c43.[Na+].[Na+].[Na+]. The molecule has 3 atom stereocenters. The number of aromatic hydroxyl groups is 1. The van der Waals surface area contributed by atoms with Crippen molar-refractivity contribution in [3.8, 4) is 5.75 Å². The summed E-state index contributed by atoms with van der Waals surface area (Å²) in [5.74, 6) is -8.84. The van der Waals surface area contributed by atoms with E-state index in [1.165, 1.54) is 20.8 Å². The van der Waals surface area contributed by atoms with Crippen LogP contribution >= 0.6 is 24.1 Å². The van der Waals surface area contributed by atoms with E-state index in [0.717, 1.165) is 30.3 Å². The molecule has 0 heterocycles. The van der Waals surface area contributed by atoms with E-state index in [0.29, 0.717) is 6.07 Å². The second kappa shape index (κ2) is 37.3. The van der Waals surface area contributed by atoms with Crippen molar-refractivity contribution in [1.29, 1.82) is 0 Å². The van der Waals surface area contributed by atoms with Gasteiger partial charge >= 0.3 is 88.7 Å². The second-order valence-electron chi connectivity index (χ2n) is 18.0. The molecule has 6 amide bonds. The molecule has 0 aliphatic heterocycles. The van der Waals surface area contributed by atoms with Gasteiger partial charge in [0.05, 0.1) is 30.6 Å². The number of benzene rings is 4. The number of rotatable bonds is 37. The maximum absolute atomic E-state index is 14.9. The van der Waals surface area contributed by atoms with Gasteiger partial charge in [-0.1, -0.05) is 37.9 Å². The summed E-state index contributed by atoms with van der Waals surface area (Å²) in [4.78, 5) is 73.5. The van der Waals surface area contributed by atoms with Crippen LogP contribution < -0.4 is 145 Å². The first-order valence-corrected chi connectivity index (χ1v) is 32.0. The van der Waals surface area contributed by atoms with Gasteiger partial charge in [-0.05, 0) is 52.2 Å². The van der Waals surface area contributed by atoms with Crippen molar-refractivity contribution in [2.75, 3.05) is 56.5 Å². The molecule has 0 aliphatic rings. The molecule has 86 heavy (non-hydrogen) atoms. The Labute approximate surface area is 570 Å². The number of hydrogen-bond donors (Lipinski definition) is 10. The van der Waals surface area contributed by atoms with E-state index in [2.05, 4.69) is 79.8 Å². The Balaban J connectivity index is 0.0000123. The van der Waals surface area contributed by atoms with Crippen molar-refractivity contribution in [1.82, 2.24) is 46.1 Å². The Morgan fingerprint density at radius 3 is 1.12 bits per heavy atom. The zero-order valence-corrected chi connectivity index (χ0v) is 58.2. The zero-order valence-electron chi connectivity index (χ0n) is 47.3. The summed E-state index contributed by atoms with van der Waals surface area (Å²) in [7, 11) is -21.4. The maximum Gasteiger partial charge on any atom is 1.00 e. The molecule has 0 saturated carbocycles. The number of sulfonamides is 3. The quantitative estimate of drug-likeness (QED) is 0.00293. The van der Waals surface area contributed by atoms with Crippen LogP contribution in [0.15, 0.2) is 87.5 Å². The van der Waals surface area contributed by atoms with Gasteiger partial charge in [-0.3, -0.25) is 38.8 Å². The molecule has 0 spiro atoms. The van der Waals surface area contributed by atoms with Crippen LogP contribution in [-0.4, -0.2) is 153 Å². The first kappa shape index (κ1) is 80.9. The van der Waals surface area contributed by atoms with Crippen LogP contribution in [0, 0.1) is 0 Å². The first-order valence-electron chi connectivity index (χ1n) is 24.2. The molecular weight excluding hydrogens is 1290 g/mol. The number of phenolic OH excluding ortho intramolecular Hbond substituents is 1. The summed E-state index contributed by atoms with van der Waals surface area (Å²) in [5.41, 5.74) is 0.547. The maximum atomic E-state index is 14.9. The normalized spacial score (nSPS) is 12.8. The third kappa shape index (κ3) is 23.9. The third-order valence-corrected chi connectivity index (χ3v) is 18.0. The minimum absolute atomic E-state index is 0. The molecule has 3 unspecified atom stereocenters. The monoisotopic (exact) mass is 1350 g/mol. The number of phenols is 1. The predicted octanol–water partition coefficient (Wildman–Crippen LogP) is -11.9. The molecule has 4 aromatic rings. The van der Waals surface area contributed by atoms with Gasteiger partial charge in [0.1, 0.15) is 23.9 Å². The summed E-state index contributed by atoms with van der Waals surface area (Å²) in [5, 5.41) is 52.0. The van der Waals surface area contributed by atoms with Gasteiger partial charge in [0.2, 0.25) is 65.5 Å². The van der Waals surface area contributed by atoms with E-state index in [1.54, 1.807) is 0 Å². The van der Waals surface area contributed by atoms with E-state index in [-0.39, 0.29) is 204 Å². The molecule has 0 radical (unpaired) electrons. The van der Waals surface area contributed by atoms with E-state index < -0.39 is 148 Å². The molecule has 0 aromatic heterocycles. The van der Waals surface area contributed by atoms with Crippen molar-refractivity contribution < 1.29 is 190 Å². The van der Waals surface area contributed by atoms with Crippen LogP contribution in [0.25, 0.3) is 32.3 Å². The Hall–Kier alpha value is -3.14. The Bertz CT molecular complexity index is 3590. The fourth-order valence-electron chi connectivity index (χ4n) is 7.55. The van der Waals surface area contributed by atoms with Gasteiger partial charge < -0.3 is 52.1 Å². The predicted molar refractivity (Wildman–Crippen MR) is 294 cm³/mol. The Kier molecular flexibility index (Phi) is 35.0. The van der Waals surface area contributed by atoms with Gasteiger partial charge in [-0.2, -0.15) is 22.8 Å². The topological polar surface area (TPSA) is 474 Å². The number of amides is 6. The number of hydrogen-bond acceptors (Lipinski definition) is 24. The second-order valence-corrected chi connectivity index (χ2v) is 25.9. The summed E-state index contributed by atoms with van der Waals surface area (Å²) in [6, 6.07) is -0.655. The van der Waals surface area contributed by atoms with E-state index in [1.807, 2.05) is 4.72 Å². The molecule has 0 aliphatic carbocycles. The fraction of sp³-hybridized carbons (Fsp3) is 0.391. The zero-order chi connectivity index (χ0) is 62.0. The smallest absolute Gasteiger partial charge is 0.748 e. The molecule has 10 N–H and O–H groups in total. The molecular formula is C46H58N9Na3O22S6. The van der Waals surface area contributed by atoms with Crippen LogP contribution in [0.1, 0.15) is 40.0 Å². The third-order valence-electron chi connectivity index (χ3n) is 11.4. The van der Waals surface area contributed by atoms with Crippen LogP contribution in [-0.2, 0) is 87.7 Å². The van der Waals surface area contributed by atoms with Gasteiger partial charge in [0.25, 0.3) is 0 Å². The Morgan fingerprint density at radius 1 is 0.500 bits per heavy atom. The minimum Gasteiger partial charge on any atom is -0.748 e. The molecule has 0 saturated heterocycles. The molecule has 4 rings (SSSR count). The molecule has 40 heteroatoms. The molecule has 0 fully saturated rings. The number of carbonyl (C=O) groups is 6. The molecule has 458 valence electrons. The van der Waals surface area contributed by atoms with Gasteiger partial charge in [-0.15, -0.1) is 0 Å².